The molecule has 6 nitrogen and oxygen atoms in total. The third kappa shape index (κ3) is 12.0. The molecule has 0 N–H and O–H groups in total. The van der Waals surface area contributed by atoms with Crippen molar-refractivity contribution < 1.29 is 28.9 Å². The molecule has 10 aromatic carbocycles. The van der Waals surface area contributed by atoms with Crippen molar-refractivity contribution in [1.29, 1.82) is 0 Å². The van der Waals surface area contributed by atoms with Gasteiger partial charge >= 0.3 is 20.1 Å². The Morgan fingerprint density at radius 3 is 1.74 bits per heavy atom. The van der Waals surface area contributed by atoms with Crippen molar-refractivity contribution in [2.45, 2.75) is 71.6 Å². The first kappa shape index (κ1) is 58.2. The molecule has 15 aromatic rings. The van der Waals surface area contributed by atoms with Crippen molar-refractivity contribution in [3.05, 3.63) is 312 Å². The quantitative estimate of drug-likeness (QED) is 0.0957. The van der Waals surface area contributed by atoms with Gasteiger partial charge in [-0.1, -0.05) is 166 Å². The summed E-state index contributed by atoms with van der Waals surface area (Å²) in [6.45, 7) is 9.11. The van der Waals surface area contributed by atoms with Gasteiger partial charge in [0.05, 0.1) is 22.4 Å². The summed E-state index contributed by atoms with van der Waals surface area (Å²) in [5.41, 5.74) is 24.6. The molecule has 0 radical (unpaired) electrons. The topological polar surface area (TPSA) is 69.9 Å². The number of aryl methyl sites for hydroxylation is 4. The number of imidazole rings is 1. The normalized spacial score (nSPS) is 11.5. The van der Waals surface area contributed by atoms with Crippen LogP contribution >= 0.6 is 0 Å². The van der Waals surface area contributed by atoms with E-state index in [9.17, 15) is 0 Å². The molecule has 0 aliphatic carbocycles. The smallest absolute Gasteiger partial charge is 0.501 e. The van der Waals surface area contributed by atoms with Gasteiger partial charge in [-0.25, -0.2) is 0 Å². The van der Waals surface area contributed by atoms with Crippen LogP contribution in [0.1, 0.15) is 84.0 Å². The van der Waals surface area contributed by atoms with E-state index in [1.54, 1.807) is 0 Å². The van der Waals surface area contributed by atoms with Gasteiger partial charge in [-0.3, -0.25) is 4.98 Å². The first-order valence-corrected chi connectivity index (χ1v) is 30.6. The molecule has 89 heavy (non-hydrogen) atoms. The predicted octanol–water partition coefficient (Wildman–Crippen LogP) is 20.8. The second kappa shape index (κ2) is 25.9. The number of rotatable bonds is 15. The molecule has 0 bridgehead atoms. The number of pyridine rings is 2. The summed E-state index contributed by atoms with van der Waals surface area (Å²) in [5.74, 6) is 1.32. The minimum Gasteiger partial charge on any atom is -0.501 e. The number of hydrogen-bond donors (Lipinski definition) is 0. The molecule has 15 rings (SSSR count). The average Bonchev–Trinajstić information content (AvgIpc) is 2.27. The summed E-state index contributed by atoms with van der Waals surface area (Å²) in [7, 11) is 0. The van der Waals surface area contributed by atoms with E-state index in [0.29, 0.717) is 0 Å². The van der Waals surface area contributed by atoms with E-state index in [0.717, 1.165) is 126 Å². The fraction of sp³-hybridized carbons (Fsp3) is 0.134. The van der Waals surface area contributed by atoms with Gasteiger partial charge in [-0.05, 0) is 160 Å². The number of benzene rings is 10. The summed E-state index contributed by atoms with van der Waals surface area (Å²) < 4.78 is 15.2. The van der Waals surface area contributed by atoms with Crippen molar-refractivity contribution in [3.8, 4) is 50.7 Å². The van der Waals surface area contributed by atoms with Gasteiger partial charge in [-0.2, -0.15) is 0 Å². The van der Waals surface area contributed by atoms with Crippen LogP contribution in [-0.2, 0) is 52.2 Å². The largest absolute Gasteiger partial charge is 3.00 e. The summed E-state index contributed by atoms with van der Waals surface area (Å²) >= 11 is 0. The summed E-state index contributed by atoms with van der Waals surface area (Å²) in [6, 6.07) is 93.0. The minimum absolute atomic E-state index is 0. The Kier molecular flexibility index (Phi) is 16.9. The Labute approximate surface area is 534 Å². The number of aromatic nitrogens is 4. The van der Waals surface area contributed by atoms with Gasteiger partial charge < -0.3 is 23.4 Å². The molecule has 0 aliphatic rings. The second-order valence-corrected chi connectivity index (χ2v) is 23.4. The Bertz CT molecular complexity index is 4820. The Hall–Kier alpha value is -9.78. The SMILES string of the molecule is CC(C)c1cc(-c2ccc3c(c2)oc2ccccc23)cc(C(C)C)c1-n1c(-c2[c-]ccc3c2oc2ccccc23)nc2ccccc21.[Ir+3].[c-]1ccccc1-c1cc(CCc2ccccc2Cc2ccccc2CCc2cc[c-]c(-c3ccccn3)c2)ccn1. The average molecular weight is 1330 g/mol. The maximum absolute atomic E-state index is 6.52. The molecule has 0 atom stereocenters. The van der Waals surface area contributed by atoms with E-state index in [4.69, 9.17) is 13.8 Å². The van der Waals surface area contributed by atoms with E-state index < -0.39 is 0 Å². The zero-order valence-electron chi connectivity index (χ0n) is 50.3. The molecular formula is C82H65IrN4O2. The van der Waals surface area contributed by atoms with Crippen LogP contribution in [0.2, 0.25) is 0 Å². The van der Waals surface area contributed by atoms with Crippen molar-refractivity contribution in [3.63, 3.8) is 0 Å². The van der Waals surface area contributed by atoms with Gasteiger partial charge in [0.2, 0.25) is 0 Å². The van der Waals surface area contributed by atoms with Crippen LogP contribution in [0.15, 0.2) is 258 Å². The summed E-state index contributed by atoms with van der Waals surface area (Å²) in [6.07, 6.45) is 8.65. The number of hydrogen-bond acceptors (Lipinski definition) is 5. The molecule has 0 aliphatic heterocycles. The third-order valence-electron chi connectivity index (χ3n) is 17.1. The monoisotopic (exact) mass is 1330 g/mol. The van der Waals surface area contributed by atoms with Crippen LogP contribution in [0.25, 0.3) is 106 Å². The number of furan rings is 2. The van der Waals surface area contributed by atoms with Crippen molar-refractivity contribution in [1.82, 2.24) is 19.5 Å². The molecule has 7 heteroatoms. The fourth-order valence-electron chi connectivity index (χ4n) is 12.5. The Morgan fingerprint density at radius 2 is 1.03 bits per heavy atom. The minimum atomic E-state index is 0. The molecular weight excluding hydrogens is 1270 g/mol. The Morgan fingerprint density at radius 1 is 0.427 bits per heavy atom. The van der Waals surface area contributed by atoms with Gasteiger partial charge in [0, 0.05) is 34.2 Å². The summed E-state index contributed by atoms with van der Waals surface area (Å²) in [4.78, 5) is 14.3. The molecule has 0 saturated heterocycles. The zero-order valence-corrected chi connectivity index (χ0v) is 52.7. The van der Waals surface area contributed by atoms with E-state index in [1.165, 1.54) is 55.8 Å². The van der Waals surface area contributed by atoms with Crippen LogP contribution in [0.3, 0.4) is 0 Å². The van der Waals surface area contributed by atoms with Gasteiger partial charge in [-0.15, -0.1) is 89.5 Å². The van der Waals surface area contributed by atoms with Gasteiger partial charge in [0.25, 0.3) is 0 Å². The van der Waals surface area contributed by atoms with E-state index in [2.05, 4.69) is 224 Å². The predicted molar refractivity (Wildman–Crippen MR) is 361 cm³/mol. The van der Waals surface area contributed by atoms with Gasteiger partial charge in [0.1, 0.15) is 16.7 Å². The maximum Gasteiger partial charge on any atom is 3.00 e. The molecule has 0 unspecified atom stereocenters. The van der Waals surface area contributed by atoms with E-state index >= 15 is 0 Å². The molecule has 5 aromatic heterocycles. The molecule has 0 saturated carbocycles. The standard InChI is InChI=1S/C43H33N2O2.C39H32N2.Ir/c1-25(2)34-22-28(27-20-21-31-29-12-5-9-18-38(29)46-40(31)24-27)23-35(26(3)4)41(34)45-37-17-8-7-16-36(37)44-43(45)33-15-11-14-32-30-13-6-10-19-39(30)47-42(32)33;1-2-14-34(15-3-1)39-28-31(24-26-41-39)21-23-33-13-5-7-17-36(33)29-35-16-6-4-12-32(35)22-20-30-11-10-18-37(27-30)38-19-8-9-25-40-38;/h5-14,16-26H,1-4H3;1-14,16-17,19,24-28H,20-23,29H2;/q-1;-2;+3. The van der Waals surface area contributed by atoms with Crippen LogP contribution in [0.4, 0.5) is 0 Å². The third-order valence-corrected chi connectivity index (χ3v) is 17.1. The molecule has 5 heterocycles. The van der Waals surface area contributed by atoms with E-state index in [1.807, 2.05) is 85.2 Å². The first-order chi connectivity index (χ1) is 43.3. The van der Waals surface area contributed by atoms with Crippen molar-refractivity contribution >= 4 is 54.9 Å². The van der Waals surface area contributed by atoms with Crippen LogP contribution in [0.5, 0.6) is 0 Å². The number of nitrogens with zero attached hydrogens (tertiary/aromatic N) is 4. The van der Waals surface area contributed by atoms with Crippen LogP contribution in [0, 0.1) is 18.2 Å². The molecule has 0 spiro atoms. The number of fused-ring (bicyclic) bond motifs is 7. The molecule has 0 fully saturated rings. The van der Waals surface area contributed by atoms with E-state index in [-0.39, 0.29) is 31.9 Å². The van der Waals surface area contributed by atoms with Crippen molar-refractivity contribution in [2.75, 3.05) is 0 Å². The number of para-hydroxylation sites is 4. The fourth-order valence-corrected chi connectivity index (χ4v) is 12.5. The van der Waals surface area contributed by atoms with Gasteiger partial charge in [0.15, 0.2) is 0 Å². The first-order valence-electron chi connectivity index (χ1n) is 30.6. The van der Waals surface area contributed by atoms with Crippen LogP contribution < -0.4 is 0 Å². The van der Waals surface area contributed by atoms with Crippen molar-refractivity contribution in [2.24, 2.45) is 0 Å². The molecule has 434 valence electrons. The maximum atomic E-state index is 6.52. The Balaban J connectivity index is 0.000000164. The van der Waals surface area contributed by atoms with Crippen LogP contribution in [-0.4, -0.2) is 19.5 Å². The summed E-state index contributed by atoms with van der Waals surface area (Å²) in [5, 5.41) is 4.44. The molecule has 0 amide bonds. The second-order valence-electron chi connectivity index (χ2n) is 23.4. The zero-order chi connectivity index (χ0) is 59.5.